The zero-order valence-electron chi connectivity index (χ0n) is 20.5. The number of nitrogens with one attached hydrogen (secondary N) is 1. The molecule has 0 aliphatic heterocycles. The summed E-state index contributed by atoms with van der Waals surface area (Å²) < 4.78 is 5.88. The minimum absolute atomic E-state index is 0.184. The van der Waals surface area contributed by atoms with Crippen LogP contribution in [0.3, 0.4) is 0 Å². The summed E-state index contributed by atoms with van der Waals surface area (Å²) in [6.45, 7) is 9.76. The third kappa shape index (κ3) is 8.09. The average Bonchev–Trinajstić information content (AvgIpc) is 3.22. The number of benzene rings is 1. The van der Waals surface area contributed by atoms with Crippen molar-refractivity contribution >= 4 is 18.0 Å². The first-order valence-electron chi connectivity index (χ1n) is 12.0. The van der Waals surface area contributed by atoms with Crippen LogP contribution in [0.2, 0.25) is 0 Å². The Morgan fingerprint density at radius 1 is 1.16 bits per heavy atom. The summed E-state index contributed by atoms with van der Waals surface area (Å²) in [6.07, 6.45) is 11.1. The van der Waals surface area contributed by atoms with E-state index in [0.29, 0.717) is 18.8 Å². The molecule has 5 nitrogen and oxygen atoms in total. The maximum Gasteiger partial charge on any atom is 0.310 e. The van der Waals surface area contributed by atoms with Gasteiger partial charge in [0.05, 0.1) is 5.92 Å². The number of carbonyl (C=O) groups excluding carboxylic acids is 2. The van der Waals surface area contributed by atoms with Crippen molar-refractivity contribution in [2.45, 2.75) is 85.2 Å². The van der Waals surface area contributed by atoms with E-state index in [-0.39, 0.29) is 29.1 Å². The fourth-order valence-corrected chi connectivity index (χ4v) is 5.12. The van der Waals surface area contributed by atoms with Crippen LogP contribution in [0.5, 0.6) is 0 Å². The quantitative estimate of drug-likeness (QED) is 0.212. The Kier molecular flexibility index (Phi) is 9.50. The number of amides is 1. The molecule has 1 amide bonds. The lowest BCUT2D eigenvalue weighted by atomic mass is 9.65. The summed E-state index contributed by atoms with van der Waals surface area (Å²) in [5.74, 6) is 5.00. The van der Waals surface area contributed by atoms with Crippen molar-refractivity contribution in [3.63, 3.8) is 0 Å². The lowest BCUT2D eigenvalue weighted by Crippen LogP contribution is -2.43. The molecule has 0 radical (unpaired) electrons. The minimum Gasteiger partial charge on any atom is -0.460 e. The van der Waals surface area contributed by atoms with Crippen LogP contribution in [-0.2, 0) is 14.3 Å². The number of allylic oxidation sites excluding steroid dienone is 1. The highest BCUT2D eigenvalue weighted by Crippen LogP contribution is 2.46. The van der Waals surface area contributed by atoms with Crippen molar-refractivity contribution in [1.82, 2.24) is 5.43 Å². The van der Waals surface area contributed by atoms with Crippen LogP contribution in [0.25, 0.3) is 6.08 Å². The van der Waals surface area contributed by atoms with E-state index >= 15 is 0 Å². The number of rotatable bonds is 10. The van der Waals surface area contributed by atoms with E-state index in [1.807, 2.05) is 58.0 Å². The molecule has 1 aromatic carbocycles. The van der Waals surface area contributed by atoms with E-state index in [1.54, 1.807) is 0 Å². The van der Waals surface area contributed by atoms with Gasteiger partial charge in [0, 0.05) is 5.92 Å². The van der Waals surface area contributed by atoms with Gasteiger partial charge in [-0.15, -0.1) is 0 Å². The predicted molar refractivity (Wildman–Crippen MR) is 130 cm³/mol. The monoisotopic (exact) mass is 442 g/mol. The largest absolute Gasteiger partial charge is 0.460 e. The Morgan fingerprint density at radius 3 is 2.34 bits per heavy atom. The molecule has 3 atom stereocenters. The van der Waals surface area contributed by atoms with Crippen LogP contribution in [-0.4, -0.2) is 17.5 Å². The Labute approximate surface area is 194 Å². The minimum atomic E-state index is -0.563. The van der Waals surface area contributed by atoms with Crippen LogP contribution < -0.4 is 11.3 Å². The second-order valence-corrected chi connectivity index (χ2v) is 10.8. The number of hydrogen-bond acceptors (Lipinski definition) is 4. The summed E-state index contributed by atoms with van der Waals surface area (Å²) in [7, 11) is 0. The van der Waals surface area contributed by atoms with E-state index in [1.165, 1.54) is 25.7 Å². The topological polar surface area (TPSA) is 81.4 Å². The third-order valence-electron chi connectivity index (χ3n) is 6.61. The number of hydrazine groups is 1. The first-order chi connectivity index (χ1) is 15.0. The standard InChI is InChI=1S/C27H42N2O3/c1-20(24(30)29-28)18-27(5,19-22-14-9-10-15-22)23(25(31)32-26(2,3)4)17-11-16-21-12-7-6-8-13-21/h6-8,11-13,16,20,22-23H,9-10,14-15,17-19,28H2,1-5H3,(H,29,30)/b16-11+/t20?,23-,27+/m1/s1. The fourth-order valence-electron chi connectivity index (χ4n) is 5.12. The van der Waals surface area contributed by atoms with Gasteiger partial charge in [-0.1, -0.05) is 82.0 Å². The second kappa shape index (κ2) is 11.6. The molecule has 1 unspecified atom stereocenters. The van der Waals surface area contributed by atoms with Gasteiger partial charge >= 0.3 is 5.97 Å². The van der Waals surface area contributed by atoms with Crippen LogP contribution in [0, 0.1) is 23.2 Å². The zero-order valence-corrected chi connectivity index (χ0v) is 20.5. The van der Waals surface area contributed by atoms with Crippen molar-refractivity contribution in [2.75, 3.05) is 0 Å². The molecule has 1 aliphatic carbocycles. The zero-order chi connectivity index (χ0) is 23.8. The Morgan fingerprint density at radius 2 is 1.78 bits per heavy atom. The van der Waals surface area contributed by atoms with E-state index in [0.717, 1.165) is 12.0 Å². The average molecular weight is 443 g/mol. The molecule has 1 saturated carbocycles. The first-order valence-corrected chi connectivity index (χ1v) is 12.0. The highest BCUT2D eigenvalue weighted by atomic mass is 16.6. The van der Waals surface area contributed by atoms with Gasteiger partial charge in [-0.05, 0) is 56.9 Å². The first kappa shape index (κ1) is 26.1. The number of hydrogen-bond donors (Lipinski definition) is 2. The lowest BCUT2D eigenvalue weighted by molar-refractivity contribution is -0.166. The van der Waals surface area contributed by atoms with Gasteiger partial charge in [0.2, 0.25) is 5.91 Å². The van der Waals surface area contributed by atoms with Gasteiger partial charge < -0.3 is 4.74 Å². The fraction of sp³-hybridized carbons (Fsp3) is 0.630. The van der Waals surface area contributed by atoms with Gasteiger partial charge in [0.1, 0.15) is 5.60 Å². The summed E-state index contributed by atoms with van der Waals surface area (Å²) >= 11 is 0. The highest BCUT2D eigenvalue weighted by Gasteiger charge is 2.43. The summed E-state index contributed by atoms with van der Waals surface area (Å²) in [5.41, 5.74) is 2.45. The Balaban J connectivity index is 2.34. The molecule has 1 fully saturated rings. The van der Waals surface area contributed by atoms with Crippen molar-refractivity contribution in [2.24, 2.45) is 29.0 Å². The van der Waals surface area contributed by atoms with Gasteiger partial charge in [-0.2, -0.15) is 0 Å². The summed E-state index contributed by atoms with van der Waals surface area (Å²) in [5, 5.41) is 0. The molecule has 0 aromatic heterocycles. The van der Waals surface area contributed by atoms with E-state index in [2.05, 4.69) is 24.5 Å². The van der Waals surface area contributed by atoms with Crippen molar-refractivity contribution < 1.29 is 14.3 Å². The predicted octanol–water partition coefficient (Wildman–Crippen LogP) is 5.65. The third-order valence-corrected chi connectivity index (χ3v) is 6.61. The van der Waals surface area contributed by atoms with Gasteiger partial charge in [-0.3, -0.25) is 15.0 Å². The van der Waals surface area contributed by atoms with Crippen LogP contribution in [0.1, 0.15) is 85.1 Å². The molecule has 2 rings (SSSR count). The van der Waals surface area contributed by atoms with Crippen molar-refractivity contribution in [3.8, 4) is 0 Å². The molecule has 1 aromatic rings. The molecule has 32 heavy (non-hydrogen) atoms. The molecular weight excluding hydrogens is 400 g/mol. The van der Waals surface area contributed by atoms with Crippen LogP contribution in [0.15, 0.2) is 36.4 Å². The molecule has 5 heteroatoms. The Bertz CT molecular complexity index is 763. The van der Waals surface area contributed by atoms with Gasteiger partial charge in [0.25, 0.3) is 0 Å². The number of nitrogens with two attached hydrogens (primary N) is 1. The Hall–Kier alpha value is -2.14. The normalized spacial score (nSPS) is 18.8. The molecule has 0 spiro atoms. The summed E-state index contributed by atoms with van der Waals surface area (Å²) in [4.78, 5) is 25.7. The lowest BCUT2D eigenvalue weighted by Gasteiger charge is -2.40. The van der Waals surface area contributed by atoms with Crippen molar-refractivity contribution in [3.05, 3.63) is 42.0 Å². The van der Waals surface area contributed by atoms with E-state index < -0.39 is 5.60 Å². The molecule has 3 N–H and O–H groups in total. The maximum absolute atomic E-state index is 13.5. The molecule has 178 valence electrons. The van der Waals surface area contributed by atoms with Gasteiger partial charge in [-0.25, -0.2) is 5.84 Å². The number of esters is 1. The summed E-state index contributed by atoms with van der Waals surface area (Å²) in [6, 6.07) is 10.1. The second-order valence-electron chi connectivity index (χ2n) is 10.8. The SMILES string of the molecule is CC(C[C@@](C)(CC1CCCC1)[C@H](C/C=C/c1ccccc1)C(=O)OC(C)(C)C)C(=O)NN. The van der Waals surface area contributed by atoms with Crippen molar-refractivity contribution in [1.29, 1.82) is 0 Å². The molecule has 0 heterocycles. The molecule has 0 bridgehead atoms. The van der Waals surface area contributed by atoms with E-state index in [9.17, 15) is 9.59 Å². The molecule has 0 saturated heterocycles. The van der Waals surface area contributed by atoms with Crippen LogP contribution >= 0.6 is 0 Å². The number of carbonyl (C=O) groups is 2. The molecular formula is C27H42N2O3. The van der Waals surface area contributed by atoms with E-state index in [4.69, 9.17) is 10.6 Å². The smallest absolute Gasteiger partial charge is 0.310 e. The molecule has 1 aliphatic rings. The maximum atomic E-state index is 13.5. The number of ether oxygens (including phenoxy) is 1. The highest BCUT2D eigenvalue weighted by molar-refractivity contribution is 5.78. The van der Waals surface area contributed by atoms with Crippen LogP contribution in [0.4, 0.5) is 0 Å². The van der Waals surface area contributed by atoms with Gasteiger partial charge in [0.15, 0.2) is 0 Å².